The van der Waals surface area contributed by atoms with E-state index < -0.39 is 5.60 Å². The minimum absolute atomic E-state index is 0.237. The number of hydrogen-bond donors (Lipinski definition) is 0. The third kappa shape index (κ3) is 5.48. The van der Waals surface area contributed by atoms with Crippen LogP contribution in [0.25, 0.3) is 0 Å². The van der Waals surface area contributed by atoms with E-state index in [1.807, 2.05) is 20.8 Å². The van der Waals surface area contributed by atoms with E-state index in [1.54, 1.807) is 0 Å². The Morgan fingerprint density at radius 1 is 1.53 bits per heavy atom. The van der Waals surface area contributed by atoms with Gasteiger partial charge >= 0.3 is 5.97 Å². The Hall–Kier alpha value is -0.140. The van der Waals surface area contributed by atoms with Gasteiger partial charge in [-0.25, -0.2) is 0 Å². The highest BCUT2D eigenvalue weighted by molar-refractivity contribution is 9.11. The van der Waals surface area contributed by atoms with Crippen molar-refractivity contribution in [2.24, 2.45) is 0 Å². The molecule has 15 heavy (non-hydrogen) atoms. The molecule has 0 aliphatic carbocycles. The van der Waals surface area contributed by atoms with E-state index in [1.165, 1.54) is 23.1 Å². The van der Waals surface area contributed by atoms with Crippen LogP contribution in [0.5, 0.6) is 0 Å². The molecule has 0 amide bonds. The molecule has 0 radical (unpaired) electrons. The zero-order valence-corrected chi connectivity index (χ0v) is 11.8. The molecule has 0 aromatic carbocycles. The van der Waals surface area contributed by atoms with Gasteiger partial charge in [-0.05, 0) is 36.7 Å². The van der Waals surface area contributed by atoms with Gasteiger partial charge in [-0.2, -0.15) is 0 Å². The maximum atomic E-state index is 11.3. The van der Waals surface area contributed by atoms with Gasteiger partial charge in [-0.1, -0.05) is 23.1 Å². The third-order valence-corrected chi connectivity index (χ3v) is 3.58. The minimum atomic E-state index is -0.431. The van der Waals surface area contributed by atoms with Crippen molar-refractivity contribution in [3.05, 3.63) is 3.92 Å². The fourth-order valence-electron chi connectivity index (χ4n) is 0.743. The number of halogens is 1. The van der Waals surface area contributed by atoms with Crippen LogP contribution in [0.1, 0.15) is 20.8 Å². The van der Waals surface area contributed by atoms with E-state index in [4.69, 9.17) is 4.74 Å². The highest BCUT2D eigenvalue weighted by atomic mass is 79.9. The van der Waals surface area contributed by atoms with Crippen molar-refractivity contribution in [3.63, 3.8) is 0 Å². The largest absolute Gasteiger partial charge is 0.459 e. The maximum Gasteiger partial charge on any atom is 0.316 e. The second-order valence-electron chi connectivity index (χ2n) is 3.70. The van der Waals surface area contributed by atoms with E-state index in [0.717, 1.165) is 4.34 Å². The molecule has 0 aliphatic rings. The van der Waals surface area contributed by atoms with Gasteiger partial charge in [0.15, 0.2) is 8.26 Å². The van der Waals surface area contributed by atoms with Crippen LogP contribution in [0.2, 0.25) is 0 Å². The first kappa shape index (κ1) is 12.9. The second kappa shape index (κ2) is 5.27. The number of hydrogen-bond acceptors (Lipinski definition) is 6. The molecule has 0 spiro atoms. The Morgan fingerprint density at radius 3 is 2.67 bits per heavy atom. The van der Waals surface area contributed by atoms with Crippen LogP contribution < -0.4 is 0 Å². The Morgan fingerprint density at radius 2 is 2.20 bits per heavy atom. The first-order valence-corrected chi connectivity index (χ1v) is 6.80. The molecule has 1 rings (SSSR count). The average molecular weight is 311 g/mol. The molecule has 1 aromatic rings. The molecular weight excluding hydrogens is 300 g/mol. The van der Waals surface area contributed by atoms with Crippen molar-refractivity contribution in [1.82, 2.24) is 10.2 Å². The number of ether oxygens (including phenoxy) is 1. The summed E-state index contributed by atoms with van der Waals surface area (Å²) in [7, 11) is 0. The molecular formula is C8H11BrN2O2S2. The van der Waals surface area contributed by atoms with Crippen molar-refractivity contribution in [3.8, 4) is 0 Å². The van der Waals surface area contributed by atoms with Gasteiger partial charge in [0.1, 0.15) is 5.60 Å². The maximum absolute atomic E-state index is 11.3. The molecule has 4 nitrogen and oxygen atoms in total. The number of carbonyl (C=O) groups excluding carboxylic acids is 1. The highest BCUT2D eigenvalue weighted by Crippen LogP contribution is 2.25. The Bertz CT molecular complexity index is 349. The first-order chi connectivity index (χ1) is 6.87. The van der Waals surface area contributed by atoms with Crippen LogP contribution in [-0.4, -0.2) is 27.5 Å². The van der Waals surface area contributed by atoms with Crippen LogP contribution in [0.4, 0.5) is 0 Å². The number of thioether (sulfide) groups is 1. The Labute approximate surface area is 105 Å². The zero-order valence-electron chi connectivity index (χ0n) is 8.61. The number of esters is 1. The summed E-state index contributed by atoms with van der Waals surface area (Å²) in [6.45, 7) is 5.53. The Kier molecular flexibility index (Phi) is 4.54. The van der Waals surface area contributed by atoms with Crippen LogP contribution in [0.15, 0.2) is 8.26 Å². The number of nitrogens with zero attached hydrogens (tertiary/aromatic N) is 2. The predicted molar refractivity (Wildman–Crippen MR) is 64.2 cm³/mol. The van der Waals surface area contributed by atoms with Crippen LogP contribution in [0, 0.1) is 0 Å². The summed E-state index contributed by atoms with van der Waals surface area (Å²) >= 11 is 5.93. The van der Waals surface area contributed by atoms with E-state index >= 15 is 0 Å². The molecule has 0 saturated carbocycles. The minimum Gasteiger partial charge on any atom is -0.459 e. The first-order valence-electron chi connectivity index (χ1n) is 4.20. The zero-order chi connectivity index (χ0) is 11.5. The SMILES string of the molecule is CC(C)(C)OC(=O)CSc1nnc(Br)s1. The normalized spacial score (nSPS) is 11.5. The molecule has 0 aliphatic heterocycles. The summed E-state index contributed by atoms with van der Waals surface area (Å²) in [5, 5.41) is 7.64. The lowest BCUT2D eigenvalue weighted by Gasteiger charge is -2.18. The number of carbonyl (C=O) groups is 1. The summed E-state index contributed by atoms with van der Waals surface area (Å²) in [4.78, 5) is 11.3. The summed E-state index contributed by atoms with van der Waals surface area (Å²) in [5.74, 6) is 0.0256. The third-order valence-electron chi connectivity index (χ3n) is 1.12. The predicted octanol–water partition coefficient (Wildman–Crippen LogP) is 2.73. The van der Waals surface area contributed by atoms with Gasteiger partial charge in [-0.15, -0.1) is 10.2 Å². The number of aromatic nitrogens is 2. The van der Waals surface area contributed by atoms with Gasteiger partial charge in [0, 0.05) is 0 Å². The van der Waals surface area contributed by atoms with E-state index in [9.17, 15) is 4.79 Å². The molecule has 0 N–H and O–H groups in total. The van der Waals surface area contributed by atoms with Crippen LogP contribution in [0.3, 0.4) is 0 Å². The molecule has 0 unspecified atom stereocenters. The molecule has 0 bridgehead atoms. The Balaban J connectivity index is 2.35. The summed E-state index contributed by atoms with van der Waals surface area (Å²) in [6, 6.07) is 0. The molecule has 1 heterocycles. The van der Waals surface area contributed by atoms with Gasteiger partial charge in [0.05, 0.1) is 5.75 Å². The fourth-order valence-corrected chi connectivity index (χ4v) is 2.96. The van der Waals surface area contributed by atoms with Crippen molar-refractivity contribution in [2.75, 3.05) is 5.75 Å². The lowest BCUT2D eigenvalue weighted by atomic mass is 10.2. The summed E-state index contributed by atoms with van der Waals surface area (Å²) in [5.41, 5.74) is -0.431. The molecule has 7 heteroatoms. The van der Waals surface area contributed by atoms with Gasteiger partial charge < -0.3 is 4.74 Å². The molecule has 0 atom stereocenters. The quantitative estimate of drug-likeness (QED) is 0.634. The standard InChI is InChI=1S/C8H11BrN2O2S2/c1-8(2,3)13-5(12)4-14-7-11-10-6(9)15-7/h4H2,1-3H3. The van der Waals surface area contributed by atoms with Gasteiger partial charge in [0.2, 0.25) is 0 Å². The smallest absolute Gasteiger partial charge is 0.316 e. The van der Waals surface area contributed by atoms with Crippen LogP contribution >= 0.6 is 39.0 Å². The monoisotopic (exact) mass is 310 g/mol. The van der Waals surface area contributed by atoms with Crippen molar-refractivity contribution in [1.29, 1.82) is 0 Å². The summed E-state index contributed by atoms with van der Waals surface area (Å²) in [6.07, 6.45) is 0. The molecule has 0 fully saturated rings. The topological polar surface area (TPSA) is 52.1 Å². The van der Waals surface area contributed by atoms with Gasteiger partial charge in [-0.3, -0.25) is 4.79 Å². The molecule has 0 saturated heterocycles. The van der Waals surface area contributed by atoms with Crippen molar-refractivity contribution < 1.29 is 9.53 Å². The van der Waals surface area contributed by atoms with Crippen LogP contribution in [-0.2, 0) is 9.53 Å². The van der Waals surface area contributed by atoms with Crippen molar-refractivity contribution in [2.45, 2.75) is 30.7 Å². The lowest BCUT2D eigenvalue weighted by molar-refractivity contribution is -0.151. The average Bonchev–Trinajstić information content (AvgIpc) is 2.45. The van der Waals surface area contributed by atoms with Gasteiger partial charge in [0.25, 0.3) is 0 Å². The molecule has 1 aromatic heterocycles. The number of rotatable bonds is 3. The van der Waals surface area contributed by atoms with E-state index in [-0.39, 0.29) is 11.7 Å². The van der Waals surface area contributed by atoms with Crippen molar-refractivity contribution >= 4 is 45.0 Å². The fraction of sp³-hybridized carbons (Fsp3) is 0.625. The lowest BCUT2D eigenvalue weighted by Crippen LogP contribution is -2.24. The van der Waals surface area contributed by atoms with E-state index in [2.05, 4.69) is 26.1 Å². The van der Waals surface area contributed by atoms with E-state index in [0.29, 0.717) is 3.92 Å². The molecule has 84 valence electrons. The highest BCUT2D eigenvalue weighted by Gasteiger charge is 2.16. The second-order valence-corrected chi connectivity index (χ2v) is 7.17. The summed E-state index contributed by atoms with van der Waals surface area (Å²) < 4.78 is 6.63.